The van der Waals surface area contributed by atoms with E-state index in [1.165, 1.54) is 18.2 Å². The van der Waals surface area contributed by atoms with Gasteiger partial charge < -0.3 is 20.2 Å². The molecule has 0 radical (unpaired) electrons. The summed E-state index contributed by atoms with van der Waals surface area (Å²) in [5.41, 5.74) is 3.91. The molecule has 0 aliphatic carbocycles. The average Bonchev–Trinajstić information content (AvgIpc) is 3.34. The van der Waals surface area contributed by atoms with E-state index >= 15 is 0 Å². The summed E-state index contributed by atoms with van der Waals surface area (Å²) in [5, 5.41) is 16.0. The van der Waals surface area contributed by atoms with Gasteiger partial charge in [0.05, 0.1) is 11.2 Å². The molecule has 0 aliphatic rings. The molecule has 3 N–H and O–H groups in total. The first-order valence-corrected chi connectivity index (χ1v) is 14.0. The van der Waals surface area contributed by atoms with E-state index in [0.29, 0.717) is 33.4 Å². The summed E-state index contributed by atoms with van der Waals surface area (Å²) < 4.78 is 29.1. The summed E-state index contributed by atoms with van der Waals surface area (Å²) in [6.45, 7) is 3.71. The lowest BCUT2D eigenvalue weighted by molar-refractivity contribution is -0.139. The van der Waals surface area contributed by atoms with Crippen LogP contribution in [0.4, 0.5) is 0 Å². The number of hydrogen-bond acceptors (Lipinski definition) is 6. The Morgan fingerprint density at radius 1 is 0.923 bits per heavy atom. The number of carbonyl (C=O) groups is 3. The SMILES string of the molecule is Cc1cc(CNC(=O)c2ccc3ccoc3c2)cc(C)c1C(=O)NC(Cc1cccc(S(C)(=O)=O)c1)C(=O)O. The number of rotatable bonds is 9. The Hall–Kier alpha value is -4.44. The normalized spacial score (nSPS) is 12.2. The molecule has 4 rings (SSSR count). The van der Waals surface area contributed by atoms with Gasteiger partial charge in [0.1, 0.15) is 11.6 Å². The molecule has 0 fully saturated rings. The second-order valence-corrected chi connectivity index (χ2v) is 11.5. The maximum absolute atomic E-state index is 13.1. The van der Waals surface area contributed by atoms with Crippen LogP contribution in [0.25, 0.3) is 11.0 Å². The number of carbonyl (C=O) groups excluding carboxylic acids is 2. The van der Waals surface area contributed by atoms with Crippen molar-refractivity contribution in [3.63, 3.8) is 0 Å². The molecule has 202 valence electrons. The standard InChI is InChI=1S/C29H28N2O7S/c1-17-11-20(16-30-27(32)22-8-7-21-9-10-38-25(21)15-22)12-18(2)26(17)28(33)31-24(29(34)35)14-19-5-4-6-23(13-19)39(3,36)37/h4-13,15,24H,14,16H2,1-3H3,(H,30,32)(H,31,33)(H,34,35). The minimum Gasteiger partial charge on any atom is -0.480 e. The third-order valence-corrected chi connectivity index (χ3v) is 7.47. The van der Waals surface area contributed by atoms with Crippen molar-refractivity contribution in [3.05, 3.63) is 100 Å². The number of fused-ring (bicyclic) bond motifs is 1. The lowest BCUT2D eigenvalue weighted by Crippen LogP contribution is -2.42. The van der Waals surface area contributed by atoms with Gasteiger partial charge in [-0.25, -0.2) is 13.2 Å². The van der Waals surface area contributed by atoms with Crippen LogP contribution >= 0.6 is 0 Å². The molecule has 1 atom stereocenters. The third kappa shape index (κ3) is 6.53. The van der Waals surface area contributed by atoms with Crippen molar-refractivity contribution in [1.29, 1.82) is 0 Å². The van der Waals surface area contributed by atoms with Crippen molar-refractivity contribution >= 4 is 38.6 Å². The van der Waals surface area contributed by atoms with Crippen LogP contribution in [0.1, 0.15) is 43.0 Å². The van der Waals surface area contributed by atoms with Gasteiger partial charge >= 0.3 is 5.97 Å². The number of nitrogens with one attached hydrogen (secondary N) is 2. The first-order valence-electron chi connectivity index (χ1n) is 12.1. The zero-order valence-corrected chi connectivity index (χ0v) is 22.5. The van der Waals surface area contributed by atoms with E-state index < -0.39 is 27.8 Å². The average molecular weight is 549 g/mol. The van der Waals surface area contributed by atoms with E-state index in [-0.39, 0.29) is 23.8 Å². The molecule has 0 saturated carbocycles. The number of amides is 2. The Kier molecular flexibility index (Phi) is 7.87. The second kappa shape index (κ2) is 11.1. The van der Waals surface area contributed by atoms with Crippen LogP contribution in [-0.2, 0) is 27.6 Å². The molecule has 9 nitrogen and oxygen atoms in total. The summed E-state index contributed by atoms with van der Waals surface area (Å²) in [4.78, 5) is 37.7. The van der Waals surface area contributed by atoms with Crippen molar-refractivity contribution < 1.29 is 32.3 Å². The number of carboxylic acids is 1. The quantitative estimate of drug-likeness (QED) is 0.289. The highest BCUT2D eigenvalue weighted by molar-refractivity contribution is 7.90. The summed E-state index contributed by atoms with van der Waals surface area (Å²) in [6.07, 6.45) is 2.55. The van der Waals surface area contributed by atoms with Gasteiger partial charge in [-0.3, -0.25) is 9.59 Å². The fraction of sp³-hybridized carbons (Fsp3) is 0.207. The van der Waals surface area contributed by atoms with Crippen molar-refractivity contribution in [3.8, 4) is 0 Å². The van der Waals surface area contributed by atoms with E-state index in [2.05, 4.69) is 10.6 Å². The maximum atomic E-state index is 13.1. The zero-order valence-electron chi connectivity index (χ0n) is 21.6. The molecule has 3 aromatic carbocycles. The number of sulfone groups is 1. The van der Waals surface area contributed by atoms with Crippen molar-refractivity contribution in [2.75, 3.05) is 6.26 Å². The van der Waals surface area contributed by atoms with Crippen LogP contribution in [-0.4, -0.2) is 43.6 Å². The van der Waals surface area contributed by atoms with E-state index in [1.807, 2.05) is 12.1 Å². The van der Waals surface area contributed by atoms with Gasteiger partial charge in [0, 0.05) is 35.7 Å². The van der Waals surface area contributed by atoms with Gasteiger partial charge in [-0.15, -0.1) is 0 Å². The van der Waals surface area contributed by atoms with Crippen molar-refractivity contribution in [2.45, 2.75) is 37.8 Å². The summed E-state index contributed by atoms with van der Waals surface area (Å²) in [6, 6.07) is 15.3. The van der Waals surface area contributed by atoms with Crippen LogP contribution < -0.4 is 10.6 Å². The van der Waals surface area contributed by atoms with Crippen LogP contribution in [0.3, 0.4) is 0 Å². The predicted octanol–water partition coefficient (Wildman–Crippen LogP) is 3.81. The molecule has 1 aromatic heterocycles. The summed E-state index contributed by atoms with van der Waals surface area (Å²) in [7, 11) is -3.46. The minimum absolute atomic E-state index is 0.0753. The predicted molar refractivity (Wildman–Crippen MR) is 145 cm³/mol. The molecule has 1 unspecified atom stereocenters. The van der Waals surface area contributed by atoms with Crippen molar-refractivity contribution in [2.24, 2.45) is 0 Å². The van der Waals surface area contributed by atoms with Crippen LogP contribution in [0.5, 0.6) is 0 Å². The van der Waals surface area contributed by atoms with Gasteiger partial charge in [-0.05, 0) is 66.4 Å². The first-order chi connectivity index (χ1) is 18.4. The molecule has 0 spiro atoms. The molecule has 4 aromatic rings. The van der Waals surface area contributed by atoms with Gasteiger partial charge in [0.15, 0.2) is 9.84 Å². The smallest absolute Gasteiger partial charge is 0.326 e. The Morgan fingerprint density at radius 2 is 1.64 bits per heavy atom. The molecule has 0 aliphatic heterocycles. The fourth-order valence-corrected chi connectivity index (χ4v) is 5.15. The molecular weight excluding hydrogens is 520 g/mol. The number of aryl methyl sites for hydroxylation is 2. The number of carboxylic acid groups (broad SMARTS) is 1. The van der Waals surface area contributed by atoms with Crippen LogP contribution in [0.15, 0.2) is 76.2 Å². The molecule has 0 bridgehead atoms. The zero-order chi connectivity index (χ0) is 28.3. The first kappa shape index (κ1) is 27.6. The lowest BCUT2D eigenvalue weighted by Gasteiger charge is -2.18. The molecule has 2 amide bonds. The summed E-state index contributed by atoms with van der Waals surface area (Å²) >= 11 is 0. The molecule has 39 heavy (non-hydrogen) atoms. The number of benzene rings is 3. The third-order valence-electron chi connectivity index (χ3n) is 6.36. The highest BCUT2D eigenvalue weighted by atomic mass is 32.2. The Morgan fingerprint density at radius 3 is 2.31 bits per heavy atom. The molecule has 10 heteroatoms. The highest BCUT2D eigenvalue weighted by Gasteiger charge is 2.24. The second-order valence-electron chi connectivity index (χ2n) is 9.45. The summed E-state index contributed by atoms with van der Waals surface area (Å²) in [5.74, 6) is -2.07. The van der Waals surface area contributed by atoms with Crippen LogP contribution in [0.2, 0.25) is 0 Å². The number of furan rings is 1. The highest BCUT2D eigenvalue weighted by Crippen LogP contribution is 2.20. The maximum Gasteiger partial charge on any atom is 0.326 e. The van der Waals surface area contributed by atoms with Crippen molar-refractivity contribution in [1.82, 2.24) is 10.6 Å². The molecule has 1 heterocycles. The van der Waals surface area contributed by atoms with Gasteiger partial charge in [-0.2, -0.15) is 0 Å². The lowest BCUT2D eigenvalue weighted by atomic mass is 9.97. The van der Waals surface area contributed by atoms with Gasteiger partial charge in [-0.1, -0.05) is 30.3 Å². The topological polar surface area (TPSA) is 143 Å². The van der Waals surface area contributed by atoms with Gasteiger partial charge in [0.25, 0.3) is 11.8 Å². The largest absolute Gasteiger partial charge is 0.480 e. The van der Waals surface area contributed by atoms with E-state index in [9.17, 15) is 27.9 Å². The Bertz CT molecular complexity index is 1670. The molecule has 0 saturated heterocycles. The number of hydrogen-bond donors (Lipinski definition) is 3. The monoisotopic (exact) mass is 548 g/mol. The van der Waals surface area contributed by atoms with E-state index in [1.54, 1.807) is 50.4 Å². The van der Waals surface area contributed by atoms with E-state index in [0.717, 1.165) is 17.2 Å². The Balaban J connectivity index is 1.45. The van der Waals surface area contributed by atoms with E-state index in [4.69, 9.17) is 4.42 Å². The molecular formula is C29H28N2O7S. The van der Waals surface area contributed by atoms with Crippen LogP contribution in [0, 0.1) is 13.8 Å². The van der Waals surface area contributed by atoms with Gasteiger partial charge in [0.2, 0.25) is 0 Å². The number of aliphatic carboxylic acids is 1. The fourth-order valence-electron chi connectivity index (χ4n) is 4.46. The Labute approximate surface area is 225 Å². The minimum atomic E-state index is -3.46.